The Morgan fingerprint density at radius 2 is 2.00 bits per heavy atom. The molecule has 0 fully saturated rings. The van der Waals surface area contributed by atoms with Crippen LogP contribution in [0.2, 0.25) is 10.0 Å². The van der Waals surface area contributed by atoms with Gasteiger partial charge < -0.3 is 5.73 Å². The van der Waals surface area contributed by atoms with Gasteiger partial charge in [0.2, 0.25) is 0 Å². The second-order valence-corrected chi connectivity index (χ2v) is 5.00. The van der Waals surface area contributed by atoms with Crippen LogP contribution in [0, 0.1) is 13.8 Å². The maximum atomic E-state index is 6.23. The quantitative estimate of drug-likeness (QED) is 0.939. The zero-order valence-electron chi connectivity index (χ0n) is 10.4. The fourth-order valence-corrected chi connectivity index (χ4v) is 2.29. The van der Waals surface area contributed by atoms with Crippen LogP contribution in [-0.4, -0.2) is 16.3 Å². The van der Waals surface area contributed by atoms with E-state index in [4.69, 9.17) is 28.9 Å². The van der Waals surface area contributed by atoms with Gasteiger partial charge in [-0.25, -0.2) is 4.68 Å². The maximum Gasteiger partial charge on any atom is 0.0848 e. The minimum absolute atomic E-state index is 0.588. The van der Waals surface area contributed by atoms with E-state index in [9.17, 15) is 0 Å². The van der Waals surface area contributed by atoms with E-state index in [1.807, 2.05) is 32.0 Å². The highest BCUT2D eigenvalue weighted by Crippen LogP contribution is 2.25. The van der Waals surface area contributed by atoms with Crippen molar-refractivity contribution >= 4 is 23.2 Å². The van der Waals surface area contributed by atoms with Crippen molar-refractivity contribution in [1.82, 2.24) is 9.78 Å². The van der Waals surface area contributed by atoms with Crippen molar-refractivity contribution in [2.75, 3.05) is 6.54 Å². The van der Waals surface area contributed by atoms with Crippen LogP contribution in [0.1, 0.15) is 17.0 Å². The first kappa shape index (κ1) is 13.4. The lowest BCUT2D eigenvalue weighted by Gasteiger charge is -2.08. The topological polar surface area (TPSA) is 43.8 Å². The van der Waals surface area contributed by atoms with Crippen molar-refractivity contribution in [2.24, 2.45) is 5.73 Å². The van der Waals surface area contributed by atoms with E-state index in [-0.39, 0.29) is 0 Å². The summed E-state index contributed by atoms with van der Waals surface area (Å²) < 4.78 is 1.80. The molecule has 0 aliphatic heterocycles. The third kappa shape index (κ3) is 2.39. The molecule has 0 radical (unpaired) electrons. The summed E-state index contributed by atoms with van der Waals surface area (Å²) >= 11 is 12.4. The average molecular weight is 284 g/mol. The standard InChI is InChI=1S/C13H15Cl2N3/c1-8-13(15)9(2)18(17-8)11-4-3-10(5-6-16)12(14)7-11/h3-4,7H,5-6,16H2,1-2H3. The number of aryl methyl sites for hydroxylation is 1. The summed E-state index contributed by atoms with van der Waals surface area (Å²) in [6.45, 7) is 4.41. The van der Waals surface area contributed by atoms with E-state index in [0.717, 1.165) is 29.1 Å². The first-order valence-corrected chi connectivity index (χ1v) is 6.50. The number of nitrogens with zero attached hydrogens (tertiary/aromatic N) is 2. The van der Waals surface area contributed by atoms with Crippen LogP contribution in [0.5, 0.6) is 0 Å². The molecule has 18 heavy (non-hydrogen) atoms. The van der Waals surface area contributed by atoms with Crippen LogP contribution in [-0.2, 0) is 6.42 Å². The summed E-state index contributed by atoms with van der Waals surface area (Å²) in [5.74, 6) is 0. The van der Waals surface area contributed by atoms with Gasteiger partial charge in [0, 0.05) is 5.02 Å². The van der Waals surface area contributed by atoms with Crippen molar-refractivity contribution in [2.45, 2.75) is 20.3 Å². The molecule has 1 aromatic heterocycles. The number of benzene rings is 1. The molecular weight excluding hydrogens is 269 g/mol. The summed E-state index contributed by atoms with van der Waals surface area (Å²) in [6.07, 6.45) is 0.775. The van der Waals surface area contributed by atoms with Gasteiger partial charge in [-0.3, -0.25) is 0 Å². The first-order valence-electron chi connectivity index (χ1n) is 5.75. The molecule has 1 heterocycles. The smallest absolute Gasteiger partial charge is 0.0848 e. The first-order chi connectivity index (χ1) is 8.54. The van der Waals surface area contributed by atoms with Crippen molar-refractivity contribution in [3.05, 3.63) is 45.2 Å². The van der Waals surface area contributed by atoms with E-state index >= 15 is 0 Å². The summed E-state index contributed by atoms with van der Waals surface area (Å²) in [6, 6.07) is 5.85. The van der Waals surface area contributed by atoms with E-state index < -0.39 is 0 Å². The summed E-state index contributed by atoms with van der Waals surface area (Å²) in [5.41, 5.74) is 9.22. The lowest BCUT2D eigenvalue weighted by molar-refractivity contribution is 0.832. The number of hydrogen-bond acceptors (Lipinski definition) is 2. The van der Waals surface area contributed by atoms with Crippen molar-refractivity contribution < 1.29 is 0 Å². The molecule has 5 heteroatoms. The Morgan fingerprint density at radius 3 is 2.50 bits per heavy atom. The van der Waals surface area contributed by atoms with E-state index in [0.29, 0.717) is 16.6 Å². The van der Waals surface area contributed by atoms with E-state index in [1.165, 1.54) is 0 Å². The molecule has 1 aromatic carbocycles. The highest BCUT2D eigenvalue weighted by Gasteiger charge is 2.11. The number of rotatable bonds is 3. The molecule has 0 saturated carbocycles. The molecule has 0 amide bonds. The minimum Gasteiger partial charge on any atom is -0.330 e. The SMILES string of the molecule is Cc1nn(-c2ccc(CCN)c(Cl)c2)c(C)c1Cl. The summed E-state index contributed by atoms with van der Waals surface area (Å²) in [4.78, 5) is 0. The number of halogens is 2. The second kappa shape index (κ2) is 5.31. The van der Waals surface area contributed by atoms with Crippen LogP contribution in [0.25, 0.3) is 5.69 Å². The Hall–Kier alpha value is -1.03. The second-order valence-electron chi connectivity index (χ2n) is 4.21. The molecule has 0 aliphatic carbocycles. The zero-order chi connectivity index (χ0) is 13.3. The number of nitrogens with two attached hydrogens (primary N) is 1. The lowest BCUT2D eigenvalue weighted by Crippen LogP contribution is -2.04. The molecule has 2 rings (SSSR count). The van der Waals surface area contributed by atoms with E-state index in [1.54, 1.807) is 4.68 Å². The monoisotopic (exact) mass is 283 g/mol. The van der Waals surface area contributed by atoms with Gasteiger partial charge in [-0.15, -0.1) is 0 Å². The van der Waals surface area contributed by atoms with Crippen LogP contribution >= 0.6 is 23.2 Å². The van der Waals surface area contributed by atoms with Crippen LogP contribution in [0.3, 0.4) is 0 Å². The third-order valence-corrected chi connectivity index (χ3v) is 3.80. The largest absolute Gasteiger partial charge is 0.330 e. The van der Waals surface area contributed by atoms with E-state index in [2.05, 4.69) is 5.10 Å². The van der Waals surface area contributed by atoms with Gasteiger partial charge in [-0.05, 0) is 44.5 Å². The van der Waals surface area contributed by atoms with Gasteiger partial charge in [0.25, 0.3) is 0 Å². The van der Waals surface area contributed by atoms with Gasteiger partial charge in [-0.2, -0.15) is 5.10 Å². The van der Waals surface area contributed by atoms with Crippen LogP contribution in [0.4, 0.5) is 0 Å². The zero-order valence-corrected chi connectivity index (χ0v) is 11.9. The molecule has 2 aromatic rings. The molecule has 0 unspecified atom stereocenters. The summed E-state index contributed by atoms with van der Waals surface area (Å²) in [7, 11) is 0. The third-order valence-electron chi connectivity index (χ3n) is 2.90. The Balaban J connectivity index is 2.45. The average Bonchev–Trinajstić information content (AvgIpc) is 2.60. The molecule has 0 saturated heterocycles. The molecular formula is C13H15Cl2N3. The van der Waals surface area contributed by atoms with Gasteiger partial charge in [0.15, 0.2) is 0 Å². The van der Waals surface area contributed by atoms with Gasteiger partial charge in [-0.1, -0.05) is 29.3 Å². The van der Waals surface area contributed by atoms with Crippen molar-refractivity contribution in [3.63, 3.8) is 0 Å². The van der Waals surface area contributed by atoms with Crippen molar-refractivity contribution in [3.8, 4) is 5.69 Å². The summed E-state index contributed by atoms with van der Waals surface area (Å²) in [5, 5.41) is 5.80. The van der Waals surface area contributed by atoms with Crippen LogP contribution in [0.15, 0.2) is 18.2 Å². The van der Waals surface area contributed by atoms with Crippen molar-refractivity contribution in [1.29, 1.82) is 0 Å². The highest BCUT2D eigenvalue weighted by molar-refractivity contribution is 6.32. The Labute approximate surface area is 117 Å². The van der Waals surface area contributed by atoms with Gasteiger partial charge in [0.1, 0.15) is 0 Å². The number of hydrogen-bond donors (Lipinski definition) is 1. The fourth-order valence-electron chi connectivity index (χ4n) is 1.90. The Kier molecular flexibility index (Phi) is 3.95. The molecule has 0 aliphatic rings. The van der Waals surface area contributed by atoms with Gasteiger partial charge >= 0.3 is 0 Å². The molecule has 96 valence electrons. The molecule has 0 atom stereocenters. The maximum absolute atomic E-state index is 6.23. The molecule has 0 bridgehead atoms. The predicted octanol–water partition coefficient (Wildman–Crippen LogP) is 3.30. The molecule has 3 nitrogen and oxygen atoms in total. The predicted molar refractivity (Wildman–Crippen MR) is 75.8 cm³/mol. The highest BCUT2D eigenvalue weighted by atomic mass is 35.5. The minimum atomic E-state index is 0.588. The van der Waals surface area contributed by atoms with Gasteiger partial charge in [0.05, 0.1) is 22.1 Å². The Bertz CT molecular complexity index is 576. The normalized spacial score (nSPS) is 10.9. The number of aromatic nitrogens is 2. The fraction of sp³-hybridized carbons (Fsp3) is 0.308. The molecule has 0 spiro atoms. The van der Waals surface area contributed by atoms with Crippen LogP contribution < -0.4 is 5.73 Å². The Morgan fingerprint density at radius 1 is 1.28 bits per heavy atom. The lowest BCUT2D eigenvalue weighted by atomic mass is 10.1. The molecule has 2 N–H and O–H groups in total.